The lowest BCUT2D eigenvalue weighted by Gasteiger charge is -2.38. The van der Waals surface area contributed by atoms with E-state index in [4.69, 9.17) is 0 Å². The third kappa shape index (κ3) is 2.07. The van der Waals surface area contributed by atoms with Gasteiger partial charge in [-0.3, -0.25) is 10.0 Å². The Balaban J connectivity index is 1.49. The zero-order valence-corrected chi connectivity index (χ0v) is 12.2. The van der Waals surface area contributed by atoms with Gasteiger partial charge in [0.2, 0.25) is 5.96 Å². The number of carbonyl (C=O) groups is 1. The summed E-state index contributed by atoms with van der Waals surface area (Å²) in [4.78, 5) is 20.9. The van der Waals surface area contributed by atoms with E-state index in [2.05, 4.69) is 9.89 Å². The molecule has 4 rings (SSSR count). The molecule has 114 valence electrons. The van der Waals surface area contributed by atoms with Crippen molar-refractivity contribution < 1.29 is 10.0 Å². The summed E-state index contributed by atoms with van der Waals surface area (Å²) < 4.78 is 0. The summed E-state index contributed by atoms with van der Waals surface area (Å²) in [5, 5.41) is 11.1. The molecular formula is C16H18N4O2. The number of hydrogen-bond acceptors (Lipinski definition) is 5. The number of nitrogens with zero attached hydrogens (tertiary/aromatic N) is 4. The first-order valence-corrected chi connectivity index (χ1v) is 7.56. The first-order valence-electron chi connectivity index (χ1n) is 7.56. The molecule has 1 amide bonds. The number of likely N-dealkylation sites (tertiary alicyclic amines) is 2. The largest absolute Gasteiger partial charge is 0.334 e. The van der Waals surface area contributed by atoms with Crippen LogP contribution < -0.4 is 0 Å². The number of hydroxylamine groups is 2. The number of carbonyl (C=O) groups excluding carboxylic acids is 1. The van der Waals surface area contributed by atoms with Crippen molar-refractivity contribution in [2.75, 3.05) is 19.6 Å². The summed E-state index contributed by atoms with van der Waals surface area (Å²) in [6, 6.07) is 9.84. The topological polar surface area (TPSA) is 59.4 Å². The first kappa shape index (κ1) is 13.3. The lowest BCUT2D eigenvalue weighted by Crippen LogP contribution is -2.54. The molecule has 1 N–H and O–H groups in total. The van der Waals surface area contributed by atoms with Crippen LogP contribution in [0.1, 0.15) is 16.8 Å². The Morgan fingerprint density at radius 2 is 2.00 bits per heavy atom. The first-order chi connectivity index (χ1) is 10.7. The van der Waals surface area contributed by atoms with Gasteiger partial charge in [-0.15, -0.1) is 0 Å². The van der Waals surface area contributed by atoms with E-state index in [1.807, 2.05) is 41.3 Å². The Kier molecular flexibility index (Phi) is 3.11. The smallest absolute Gasteiger partial charge is 0.254 e. The van der Waals surface area contributed by atoms with Crippen LogP contribution in [-0.2, 0) is 0 Å². The maximum absolute atomic E-state index is 12.6. The van der Waals surface area contributed by atoms with Crippen molar-refractivity contribution >= 4 is 11.9 Å². The Morgan fingerprint density at radius 1 is 1.18 bits per heavy atom. The van der Waals surface area contributed by atoms with E-state index in [-0.39, 0.29) is 18.0 Å². The Labute approximate surface area is 128 Å². The summed E-state index contributed by atoms with van der Waals surface area (Å²) in [6.45, 7) is 1.88. The molecule has 6 heteroatoms. The van der Waals surface area contributed by atoms with Crippen molar-refractivity contribution in [3.63, 3.8) is 0 Å². The fraction of sp³-hybridized carbons (Fsp3) is 0.375. The van der Waals surface area contributed by atoms with Crippen molar-refractivity contribution in [3.8, 4) is 0 Å². The minimum absolute atomic E-state index is 0.0964. The second-order valence-corrected chi connectivity index (χ2v) is 5.92. The van der Waals surface area contributed by atoms with E-state index in [9.17, 15) is 10.0 Å². The Morgan fingerprint density at radius 3 is 2.68 bits per heavy atom. The molecule has 0 aliphatic carbocycles. The quantitative estimate of drug-likeness (QED) is 0.845. The number of hydrogen-bond donors (Lipinski definition) is 1. The molecule has 3 aliphatic heterocycles. The van der Waals surface area contributed by atoms with Crippen LogP contribution in [0.3, 0.4) is 0 Å². The third-order valence-corrected chi connectivity index (χ3v) is 4.58. The second-order valence-electron chi connectivity index (χ2n) is 5.92. The molecule has 22 heavy (non-hydrogen) atoms. The lowest BCUT2D eigenvalue weighted by atomic mass is 10.2. The average molecular weight is 298 g/mol. The van der Waals surface area contributed by atoms with Crippen LogP contribution in [0.25, 0.3) is 0 Å². The zero-order chi connectivity index (χ0) is 15.1. The maximum Gasteiger partial charge on any atom is 0.254 e. The van der Waals surface area contributed by atoms with Gasteiger partial charge in [0.25, 0.3) is 5.91 Å². The number of aliphatic imine (C=N–C) groups is 1. The molecule has 6 nitrogen and oxygen atoms in total. The summed E-state index contributed by atoms with van der Waals surface area (Å²) in [5.41, 5.74) is 0.739. The molecule has 0 saturated carbocycles. The summed E-state index contributed by atoms with van der Waals surface area (Å²) in [5.74, 6) is 0.695. The minimum Gasteiger partial charge on any atom is -0.334 e. The highest BCUT2D eigenvalue weighted by Gasteiger charge is 2.47. The van der Waals surface area contributed by atoms with E-state index in [0.29, 0.717) is 19.0 Å². The van der Waals surface area contributed by atoms with Crippen molar-refractivity contribution in [1.29, 1.82) is 0 Å². The summed E-state index contributed by atoms with van der Waals surface area (Å²) >= 11 is 0. The fourth-order valence-corrected chi connectivity index (χ4v) is 3.54. The molecule has 3 aliphatic rings. The highest BCUT2D eigenvalue weighted by Crippen LogP contribution is 2.32. The number of benzene rings is 1. The van der Waals surface area contributed by atoms with Gasteiger partial charge in [-0.05, 0) is 24.6 Å². The molecule has 0 aromatic heterocycles. The number of rotatable bonds is 1. The van der Waals surface area contributed by atoms with Gasteiger partial charge in [0.1, 0.15) is 0 Å². The van der Waals surface area contributed by atoms with Gasteiger partial charge >= 0.3 is 0 Å². The van der Waals surface area contributed by atoms with Crippen LogP contribution in [-0.4, -0.2) is 63.7 Å². The van der Waals surface area contributed by atoms with Crippen molar-refractivity contribution in [1.82, 2.24) is 14.9 Å². The van der Waals surface area contributed by atoms with Crippen LogP contribution in [0.2, 0.25) is 0 Å². The number of amides is 1. The Hall–Kier alpha value is -2.34. The SMILES string of the molecule is O=C(c1ccccc1)N1C[C@@H]2C[C@H]1CN2C1=NC=CCN1O. The van der Waals surface area contributed by atoms with Crippen molar-refractivity contribution in [3.05, 3.63) is 48.2 Å². The van der Waals surface area contributed by atoms with E-state index >= 15 is 0 Å². The molecule has 2 saturated heterocycles. The van der Waals surface area contributed by atoms with Gasteiger partial charge in [-0.2, -0.15) is 0 Å². The van der Waals surface area contributed by atoms with Gasteiger partial charge in [0.15, 0.2) is 0 Å². The van der Waals surface area contributed by atoms with Gasteiger partial charge < -0.3 is 9.80 Å². The van der Waals surface area contributed by atoms with Gasteiger partial charge in [0, 0.05) is 24.9 Å². The van der Waals surface area contributed by atoms with E-state index < -0.39 is 0 Å². The van der Waals surface area contributed by atoms with Crippen molar-refractivity contribution in [2.45, 2.75) is 18.5 Å². The normalized spacial score (nSPS) is 26.6. The van der Waals surface area contributed by atoms with Gasteiger partial charge in [-0.25, -0.2) is 10.1 Å². The molecule has 2 atom stereocenters. The zero-order valence-electron chi connectivity index (χ0n) is 12.2. The second kappa shape index (κ2) is 5.14. The molecule has 0 spiro atoms. The maximum atomic E-state index is 12.6. The van der Waals surface area contributed by atoms with E-state index in [1.165, 1.54) is 5.06 Å². The molecular weight excluding hydrogens is 280 g/mol. The number of fused-ring (bicyclic) bond motifs is 2. The van der Waals surface area contributed by atoms with Crippen LogP contribution in [0, 0.1) is 0 Å². The lowest BCUT2D eigenvalue weighted by molar-refractivity contribution is -0.0222. The highest BCUT2D eigenvalue weighted by molar-refractivity contribution is 5.95. The average Bonchev–Trinajstić information content (AvgIpc) is 3.16. The van der Waals surface area contributed by atoms with Gasteiger partial charge in [-0.1, -0.05) is 18.2 Å². The number of guanidine groups is 1. The van der Waals surface area contributed by atoms with Crippen LogP contribution in [0.4, 0.5) is 0 Å². The molecule has 1 aromatic rings. The van der Waals surface area contributed by atoms with E-state index in [1.54, 1.807) is 6.20 Å². The summed E-state index contributed by atoms with van der Waals surface area (Å²) in [6.07, 6.45) is 4.47. The monoisotopic (exact) mass is 298 g/mol. The molecule has 0 unspecified atom stereocenters. The molecule has 2 bridgehead atoms. The highest BCUT2D eigenvalue weighted by atomic mass is 16.5. The molecule has 2 fully saturated rings. The summed E-state index contributed by atoms with van der Waals surface area (Å²) in [7, 11) is 0. The fourth-order valence-electron chi connectivity index (χ4n) is 3.54. The third-order valence-electron chi connectivity index (χ3n) is 4.58. The van der Waals surface area contributed by atoms with Gasteiger partial charge in [0.05, 0.1) is 18.6 Å². The molecule has 3 heterocycles. The van der Waals surface area contributed by atoms with Crippen LogP contribution in [0.5, 0.6) is 0 Å². The Bertz CT molecular complexity index is 643. The standard InChI is InChI=1S/C16H18N4O2/c21-15(12-5-2-1-3-6-12)18-10-14-9-13(18)11-19(14)16-17-7-4-8-20(16)22/h1-7,13-14,22H,8-11H2/t13-,14-/m0/s1. The number of piperazine rings is 1. The van der Waals surface area contributed by atoms with Crippen molar-refractivity contribution in [2.24, 2.45) is 4.99 Å². The minimum atomic E-state index is 0.0964. The van der Waals surface area contributed by atoms with E-state index in [0.717, 1.165) is 18.5 Å². The predicted octanol–water partition coefficient (Wildman–Crippen LogP) is 1.16. The van der Waals surface area contributed by atoms with Crippen LogP contribution >= 0.6 is 0 Å². The predicted molar refractivity (Wildman–Crippen MR) is 81.4 cm³/mol. The van der Waals surface area contributed by atoms with Crippen LogP contribution in [0.15, 0.2) is 47.6 Å². The molecule has 0 radical (unpaired) electrons. The molecule has 1 aromatic carbocycles.